The van der Waals surface area contributed by atoms with Crippen molar-refractivity contribution < 1.29 is 0 Å². The quantitative estimate of drug-likeness (QED) is 0.654. The highest BCUT2D eigenvalue weighted by molar-refractivity contribution is 4.78. The van der Waals surface area contributed by atoms with E-state index in [0.717, 1.165) is 6.04 Å². The topological polar surface area (TPSA) is 29.3 Å². The molecule has 12 heavy (non-hydrogen) atoms. The lowest BCUT2D eigenvalue weighted by atomic mass is 9.91. The number of hydrogen-bond acceptors (Lipinski definition) is 2. The zero-order valence-corrected chi connectivity index (χ0v) is 9.01. The third-order valence-electron chi connectivity index (χ3n) is 2.47. The van der Waals surface area contributed by atoms with Gasteiger partial charge in [-0.25, -0.2) is 0 Å². The molecule has 0 radical (unpaired) electrons. The van der Waals surface area contributed by atoms with Crippen LogP contribution < -0.4 is 5.73 Å². The predicted molar refractivity (Wildman–Crippen MR) is 55.3 cm³/mol. The highest BCUT2D eigenvalue weighted by atomic mass is 15.1. The van der Waals surface area contributed by atoms with Crippen LogP contribution in [0.4, 0.5) is 0 Å². The Morgan fingerprint density at radius 2 is 1.42 bits per heavy atom. The van der Waals surface area contributed by atoms with Crippen LogP contribution >= 0.6 is 0 Å². The molecule has 0 aromatic rings. The van der Waals surface area contributed by atoms with E-state index in [2.05, 4.69) is 19.0 Å². The SMILES string of the molecule is CC.CN(C)C1CCC(N)CC1. The zero-order chi connectivity index (χ0) is 9.56. The van der Waals surface area contributed by atoms with Gasteiger partial charge in [-0.2, -0.15) is 0 Å². The van der Waals surface area contributed by atoms with Crippen molar-refractivity contribution in [2.75, 3.05) is 14.1 Å². The Morgan fingerprint density at radius 3 is 1.75 bits per heavy atom. The molecule has 0 spiro atoms. The molecule has 0 heterocycles. The standard InChI is InChI=1S/C8H18N2.C2H6/c1-10(2)8-5-3-7(9)4-6-8;1-2/h7-8H,3-6,9H2,1-2H3;1-2H3. The molecule has 2 nitrogen and oxygen atoms in total. The highest BCUT2D eigenvalue weighted by Crippen LogP contribution is 2.19. The second-order valence-electron chi connectivity index (χ2n) is 3.53. The summed E-state index contributed by atoms with van der Waals surface area (Å²) in [5, 5.41) is 0. The summed E-state index contributed by atoms with van der Waals surface area (Å²) in [6.07, 6.45) is 4.99. The molecule has 0 aromatic carbocycles. The van der Waals surface area contributed by atoms with Gasteiger partial charge >= 0.3 is 0 Å². The lowest BCUT2D eigenvalue weighted by molar-refractivity contribution is 0.217. The van der Waals surface area contributed by atoms with Gasteiger partial charge in [0.15, 0.2) is 0 Å². The Labute approximate surface area is 77.1 Å². The Kier molecular flexibility index (Phi) is 6.39. The van der Waals surface area contributed by atoms with Gasteiger partial charge in [0.1, 0.15) is 0 Å². The molecule has 0 aliphatic heterocycles. The molecule has 0 bridgehead atoms. The molecule has 74 valence electrons. The minimum absolute atomic E-state index is 0.483. The van der Waals surface area contributed by atoms with Gasteiger partial charge in [0.25, 0.3) is 0 Å². The summed E-state index contributed by atoms with van der Waals surface area (Å²) in [5.41, 5.74) is 5.78. The van der Waals surface area contributed by atoms with E-state index in [0.29, 0.717) is 6.04 Å². The van der Waals surface area contributed by atoms with Crippen molar-refractivity contribution in [2.24, 2.45) is 5.73 Å². The first-order chi connectivity index (χ1) is 5.70. The van der Waals surface area contributed by atoms with E-state index >= 15 is 0 Å². The van der Waals surface area contributed by atoms with Crippen molar-refractivity contribution >= 4 is 0 Å². The molecular formula is C10H24N2. The maximum absolute atomic E-state index is 5.78. The van der Waals surface area contributed by atoms with E-state index in [9.17, 15) is 0 Å². The summed E-state index contributed by atoms with van der Waals surface area (Å²) < 4.78 is 0. The average molecular weight is 172 g/mol. The first-order valence-corrected chi connectivity index (χ1v) is 5.12. The molecule has 2 heteroatoms. The summed E-state index contributed by atoms with van der Waals surface area (Å²) >= 11 is 0. The summed E-state index contributed by atoms with van der Waals surface area (Å²) in [6, 6.07) is 1.27. The molecule has 1 fully saturated rings. The molecule has 2 N–H and O–H groups in total. The summed E-state index contributed by atoms with van der Waals surface area (Å²) in [5.74, 6) is 0. The fraction of sp³-hybridized carbons (Fsp3) is 1.00. The van der Waals surface area contributed by atoms with Crippen molar-refractivity contribution in [3.63, 3.8) is 0 Å². The van der Waals surface area contributed by atoms with Gasteiger partial charge in [0.05, 0.1) is 0 Å². The second-order valence-corrected chi connectivity index (χ2v) is 3.53. The largest absolute Gasteiger partial charge is 0.328 e. The smallest absolute Gasteiger partial charge is 0.00903 e. The van der Waals surface area contributed by atoms with E-state index in [1.807, 2.05) is 13.8 Å². The van der Waals surface area contributed by atoms with Crippen LogP contribution in [-0.2, 0) is 0 Å². The van der Waals surface area contributed by atoms with Gasteiger partial charge in [-0.15, -0.1) is 0 Å². The molecule has 0 unspecified atom stereocenters. The van der Waals surface area contributed by atoms with Gasteiger partial charge in [0.2, 0.25) is 0 Å². The molecule has 0 saturated heterocycles. The highest BCUT2D eigenvalue weighted by Gasteiger charge is 2.19. The van der Waals surface area contributed by atoms with Crippen molar-refractivity contribution in [2.45, 2.75) is 51.6 Å². The van der Waals surface area contributed by atoms with Crippen LogP contribution in [0.15, 0.2) is 0 Å². The normalized spacial score (nSPS) is 29.5. The lowest BCUT2D eigenvalue weighted by Gasteiger charge is -2.30. The lowest BCUT2D eigenvalue weighted by Crippen LogP contribution is -2.36. The number of nitrogens with two attached hydrogens (primary N) is 1. The maximum Gasteiger partial charge on any atom is 0.00903 e. The van der Waals surface area contributed by atoms with Gasteiger partial charge in [-0.3, -0.25) is 0 Å². The van der Waals surface area contributed by atoms with Crippen LogP contribution in [0.3, 0.4) is 0 Å². The third-order valence-corrected chi connectivity index (χ3v) is 2.47. The molecule has 0 aromatic heterocycles. The van der Waals surface area contributed by atoms with E-state index in [1.54, 1.807) is 0 Å². The summed E-state index contributed by atoms with van der Waals surface area (Å²) in [6.45, 7) is 4.00. The summed E-state index contributed by atoms with van der Waals surface area (Å²) in [4.78, 5) is 2.31. The average Bonchev–Trinajstić information content (AvgIpc) is 2.09. The Bertz CT molecular complexity index is 94.0. The minimum Gasteiger partial charge on any atom is -0.328 e. The predicted octanol–water partition coefficient (Wildman–Crippen LogP) is 1.84. The molecule has 1 aliphatic carbocycles. The van der Waals surface area contributed by atoms with Crippen LogP contribution in [0, 0.1) is 0 Å². The van der Waals surface area contributed by atoms with Crippen LogP contribution in [0.5, 0.6) is 0 Å². The molecule has 0 atom stereocenters. The van der Waals surface area contributed by atoms with E-state index in [1.165, 1.54) is 25.7 Å². The van der Waals surface area contributed by atoms with Gasteiger partial charge in [-0.1, -0.05) is 13.8 Å². The van der Waals surface area contributed by atoms with E-state index < -0.39 is 0 Å². The van der Waals surface area contributed by atoms with Crippen molar-refractivity contribution in [3.05, 3.63) is 0 Å². The molecule has 1 saturated carbocycles. The van der Waals surface area contributed by atoms with Crippen molar-refractivity contribution in [1.82, 2.24) is 4.90 Å². The first-order valence-electron chi connectivity index (χ1n) is 5.12. The van der Waals surface area contributed by atoms with Gasteiger partial charge < -0.3 is 10.6 Å². The van der Waals surface area contributed by atoms with E-state index in [4.69, 9.17) is 5.73 Å². The van der Waals surface area contributed by atoms with Gasteiger partial charge in [-0.05, 0) is 39.8 Å². The fourth-order valence-corrected chi connectivity index (χ4v) is 1.62. The molecule has 1 aliphatic rings. The number of rotatable bonds is 1. The number of hydrogen-bond donors (Lipinski definition) is 1. The monoisotopic (exact) mass is 172 g/mol. The molecular weight excluding hydrogens is 148 g/mol. The van der Waals surface area contributed by atoms with Crippen LogP contribution in [0.25, 0.3) is 0 Å². The van der Waals surface area contributed by atoms with Crippen LogP contribution in [0.1, 0.15) is 39.5 Å². The van der Waals surface area contributed by atoms with Crippen molar-refractivity contribution in [3.8, 4) is 0 Å². The third kappa shape index (κ3) is 4.07. The maximum atomic E-state index is 5.78. The second kappa shape index (κ2) is 6.44. The van der Waals surface area contributed by atoms with Crippen molar-refractivity contribution in [1.29, 1.82) is 0 Å². The van der Waals surface area contributed by atoms with Gasteiger partial charge in [0, 0.05) is 12.1 Å². The summed E-state index contributed by atoms with van der Waals surface area (Å²) in [7, 11) is 4.31. The molecule has 1 rings (SSSR count). The minimum atomic E-state index is 0.483. The first kappa shape index (κ1) is 11.9. The van der Waals surface area contributed by atoms with Crippen LogP contribution in [-0.4, -0.2) is 31.1 Å². The Morgan fingerprint density at radius 1 is 1.00 bits per heavy atom. The number of nitrogens with zero attached hydrogens (tertiary/aromatic N) is 1. The fourth-order valence-electron chi connectivity index (χ4n) is 1.62. The van der Waals surface area contributed by atoms with Crippen LogP contribution in [0.2, 0.25) is 0 Å². The Hall–Kier alpha value is -0.0800. The zero-order valence-electron chi connectivity index (χ0n) is 9.01. The van der Waals surface area contributed by atoms with E-state index in [-0.39, 0.29) is 0 Å². The Balaban J connectivity index is 0.000000561. The molecule has 0 amide bonds.